The van der Waals surface area contributed by atoms with Gasteiger partial charge in [-0.3, -0.25) is 14.5 Å². The van der Waals surface area contributed by atoms with Gasteiger partial charge in [-0.1, -0.05) is 13.0 Å². The van der Waals surface area contributed by atoms with Gasteiger partial charge in [0.05, 0.1) is 19.6 Å². The largest absolute Gasteiger partial charge is 0.350 e. The quantitative estimate of drug-likeness (QED) is 0.719. The molecule has 0 spiro atoms. The van der Waals surface area contributed by atoms with Crippen molar-refractivity contribution in [2.24, 2.45) is 17.8 Å². The molecule has 1 aromatic heterocycles. The van der Waals surface area contributed by atoms with Gasteiger partial charge in [-0.2, -0.15) is 0 Å². The summed E-state index contributed by atoms with van der Waals surface area (Å²) in [4.78, 5) is 28.0. The van der Waals surface area contributed by atoms with E-state index >= 15 is 0 Å². The summed E-state index contributed by atoms with van der Waals surface area (Å²) in [5.74, 6) is 2.53. The van der Waals surface area contributed by atoms with E-state index < -0.39 is 0 Å². The van der Waals surface area contributed by atoms with Crippen LogP contribution in [0.3, 0.4) is 0 Å². The van der Waals surface area contributed by atoms with Gasteiger partial charge in [0.25, 0.3) is 0 Å². The number of hydrogen-bond acceptors (Lipinski definition) is 4. The van der Waals surface area contributed by atoms with Crippen LogP contribution in [0.25, 0.3) is 0 Å². The molecule has 0 saturated heterocycles. The van der Waals surface area contributed by atoms with Crippen LogP contribution >= 0.6 is 11.3 Å². The van der Waals surface area contributed by atoms with Gasteiger partial charge in [-0.05, 0) is 74.3 Å². The monoisotopic (exact) mass is 389 g/mol. The first-order chi connectivity index (χ1) is 13.0. The maximum atomic E-state index is 12.7. The number of hydrogen-bond donors (Lipinski definition) is 2. The SMILES string of the molecule is CCN(CC(=O)NCc1cccs1)CC(=O)NC12CC3CC(CC(C3)C1)C2. The first-order valence-electron chi connectivity index (χ1n) is 10.4. The molecule has 5 nitrogen and oxygen atoms in total. The third-order valence-electron chi connectivity index (χ3n) is 6.66. The van der Waals surface area contributed by atoms with Crippen LogP contribution in [0, 0.1) is 17.8 Å². The molecule has 27 heavy (non-hydrogen) atoms. The van der Waals surface area contributed by atoms with E-state index in [9.17, 15) is 9.59 Å². The van der Waals surface area contributed by atoms with Crippen LogP contribution < -0.4 is 10.6 Å². The number of carbonyl (C=O) groups is 2. The Bertz CT molecular complexity index is 638. The highest BCUT2D eigenvalue weighted by atomic mass is 32.1. The average molecular weight is 390 g/mol. The molecule has 148 valence electrons. The summed E-state index contributed by atoms with van der Waals surface area (Å²) in [6, 6.07) is 4.00. The first kappa shape index (κ1) is 18.9. The molecule has 4 aliphatic carbocycles. The molecule has 0 aliphatic heterocycles. The topological polar surface area (TPSA) is 61.4 Å². The highest BCUT2D eigenvalue weighted by molar-refractivity contribution is 7.09. The van der Waals surface area contributed by atoms with Crippen LogP contribution in [0.4, 0.5) is 0 Å². The molecule has 5 rings (SSSR count). The van der Waals surface area contributed by atoms with E-state index in [4.69, 9.17) is 0 Å². The van der Waals surface area contributed by atoms with Gasteiger partial charge in [0, 0.05) is 10.4 Å². The Kier molecular flexibility index (Phi) is 5.55. The Morgan fingerprint density at radius 3 is 2.30 bits per heavy atom. The highest BCUT2D eigenvalue weighted by Gasteiger charge is 2.51. The van der Waals surface area contributed by atoms with Crippen molar-refractivity contribution in [3.05, 3.63) is 22.4 Å². The Morgan fingerprint density at radius 2 is 1.74 bits per heavy atom. The molecule has 2 N–H and O–H groups in total. The summed E-state index contributed by atoms with van der Waals surface area (Å²) < 4.78 is 0. The van der Waals surface area contributed by atoms with E-state index in [1.54, 1.807) is 11.3 Å². The number of likely N-dealkylation sites (N-methyl/N-ethyl adjacent to an activating group) is 1. The zero-order chi connectivity index (χ0) is 18.9. The van der Waals surface area contributed by atoms with Crippen molar-refractivity contribution in [2.75, 3.05) is 19.6 Å². The van der Waals surface area contributed by atoms with Gasteiger partial charge in [0.2, 0.25) is 11.8 Å². The summed E-state index contributed by atoms with van der Waals surface area (Å²) in [5.41, 5.74) is 0.0483. The normalized spacial score (nSPS) is 31.3. The summed E-state index contributed by atoms with van der Waals surface area (Å²) in [6.45, 7) is 3.85. The number of nitrogens with one attached hydrogen (secondary N) is 2. The van der Waals surface area contributed by atoms with Gasteiger partial charge < -0.3 is 10.6 Å². The number of thiophene rings is 1. The van der Waals surface area contributed by atoms with Crippen LogP contribution in [0.2, 0.25) is 0 Å². The molecule has 2 amide bonds. The predicted octanol–water partition coefficient (Wildman–Crippen LogP) is 2.77. The third-order valence-corrected chi connectivity index (χ3v) is 7.54. The van der Waals surface area contributed by atoms with Crippen LogP contribution in [0.5, 0.6) is 0 Å². The lowest BCUT2D eigenvalue weighted by Crippen LogP contribution is -2.61. The van der Waals surface area contributed by atoms with Crippen molar-refractivity contribution in [1.29, 1.82) is 0 Å². The van der Waals surface area contributed by atoms with Crippen molar-refractivity contribution in [3.63, 3.8) is 0 Å². The van der Waals surface area contributed by atoms with Gasteiger partial charge in [0.15, 0.2) is 0 Å². The molecule has 4 bridgehead atoms. The Balaban J connectivity index is 1.25. The molecule has 6 heteroatoms. The second kappa shape index (κ2) is 7.92. The second-order valence-corrected chi connectivity index (χ2v) is 9.94. The molecule has 0 aromatic carbocycles. The fourth-order valence-electron chi connectivity index (χ4n) is 5.94. The van der Waals surface area contributed by atoms with Crippen LogP contribution in [0.1, 0.15) is 50.3 Å². The van der Waals surface area contributed by atoms with Crippen LogP contribution in [-0.4, -0.2) is 41.9 Å². The van der Waals surface area contributed by atoms with E-state index in [0.717, 1.165) is 22.6 Å². The molecule has 4 saturated carbocycles. The third kappa shape index (κ3) is 4.54. The van der Waals surface area contributed by atoms with Crippen molar-refractivity contribution in [1.82, 2.24) is 15.5 Å². The number of carbonyl (C=O) groups excluding carboxylic acids is 2. The lowest BCUT2D eigenvalue weighted by Gasteiger charge is -2.57. The van der Waals surface area contributed by atoms with Crippen molar-refractivity contribution >= 4 is 23.2 Å². The van der Waals surface area contributed by atoms with E-state index in [0.29, 0.717) is 19.6 Å². The Labute approximate surface area is 165 Å². The molecule has 4 fully saturated rings. The predicted molar refractivity (Wildman–Crippen MR) is 107 cm³/mol. The van der Waals surface area contributed by atoms with E-state index in [2.05, 4.69) is 10.6 Å². The fourth-order valence-corrected chi connectivity index (χ4v) is 6.58. The van der Waals surface area contributed by atoms with Gasteiger partial charge in [-0.25, -0.2) is 0 Å². The summed E-state index contributed by atoms with van der Waals surface area (Å²) in [7, 11) is 0. The molecule has 0 atom stereocenters. The smallest absolute Gasteiger partial charge is 0.234 e. The second-order valence-electron chi connectivity index (χ2n) is 8.91. The maximum absolute atomic E-state index is 12.7. The molecular formula is C21H31N3O2S. The van der Waals surface area contributed by atoms with E-state index in [1.165, 1.54) is 38.5 Å². The summed E-state index contributed by atoms with van der Waals surface area (Å²) >= 11 is 1.64. The number of amides is 2. The highest BCUT2D eigenvalue weighted by Crippen LogP contribution is 2.55. The maximum Gasteiger partial charge on any atom is 0.234 e. The summed E-state index contributed by atoms with van der Waals surface area (Å²) in [6.07, 6.45) is 7.62. The number of nitrogens with zero attached hydrogens (tertiary/aromatic N) is 1. The standard InChI is InChI=1S/C21H31N3O2S/c1-2-24(13-19(25)22-12-18-4-3-5-27-18)14-20(26)23-21-9-15-6-16(10-21)8-17(7-15)11-21/h3-5,15-17H,2,6-14H2,1H3,(H,22,25)(H,23,26). The zero-order valence-electron chi connectivity index (χ0n) is 16.2. The average Bonchev–Trinajstić information content (AvgIpc) is 3.11. The van der Waals surface area contributed by atoms with Crippen molar-refractivity contribution in [3.8, 4) is 0 Å². The zero-order valence-corrected chi connectivity index (χ0v) is 17.0. The lowest BCUT2D eigenvalue weighted by molar-refractivity contribution is -0.129. The van der Waals surface area contributed by atoms with Gasteiger partial charge in [-0.15, -0.1) is 11.3 Å². The molecular weight excluding hydrogens is 358 g/mol. The molecule has 1 aromatic rings. The molecule has 4 aliphatic rings. The summed E-state index contributed by atoms with van der Waals surface area (Å²) in [5, 5.41) is 8.36. The molecule has 0 radical (unpaired) electrons. The minimum absolute atomic E-state index is 0.0205. The van der Waals surface area contributed by atoms with E-state index in [-0.39, 0.29) is 23.9 Å². The Morgan fingerprint density at radius 1 is 1.11 bits per heavy atom. The molecule has 0 unspecified atom stereocenters. The van der Waals surface area contributed by atoms with Gasteiger partial charge >= 0.3 is 0 Å². The molecule has 1 heterocycles. The first-order valence-corrected chi connectivity index (χ1v) is 11.2. The van der Waals surface area contributed by atoms with Crippen LogP contribution in [0.15, 0.2) is 17.5 Å². The minimum Gasteiger partial charge on any atom is -0.350 e. The van der Waals surface area contributed by atoms with E-state index in [1.807, 2.05) is 29.3 Å². The lowest BCUT2D eigenvalue weighted by atomic mass is 9.53. The van der Waals surface area contributed by atoms with Gasteiger partial charge in [0.1, 0.15) is 0 Å². The minimum atomic E-state index is -0.0205. The number of rotatable bonds is 8. The van der Waals surface area contributed by atoms with Crippen molar-refractivity contribution < 1.29 is 9.59 Å². The fraction of sp³-hybridized carbons (Fsp3) is 0.714. The van der Waals surface area contributed by atoms with Crippen molar-refractivity contribution in [2.45, 2.75) is 57.5 Å². The Hall–Kier alpha value is -1.40. The van der Waals surface area contributed by atoms with Crippen LogP contribution in [-0.2, 0) is 16.1 Å².